The normalized spacial score (nSPS) is 17.0. The fraction of sp³-hybridized carbons (Fsp3) is 0.160. The van der Waals surface area contributed by atoms with Gasteiger partial charge in [-0.15, -0.1) is 0 Å². The Kier molecular flexibility index (Phi) is 7.74. The molecule has 0 aliphatic carbocycles. The third-order valence-corrected chi connectivity index (χ3v) is 6.88. The summed E-state index contributed by atoms with van der Waals surface area (Å²) < 4.78 is 56.1. The van der Waals surface area contributed by atoms with Gasteiger partial charge in [0.05, 0.1) is 11.3 Å². The molecule has 2 N–H and O–H groups in total. The number of benzene rings is 3. The first-order valence-electron chi connectivity index (χ1n) is 10.8. The minimum absolute atomic E-state index is 0.00273. The lowest BCUT2D eigenvalue weighted by Gasteiger charge is -2.29. The van der Waals surface area contributed by atoms with E-state index < -0.39 is 35.8 Å². The predicted molar refractivity (Wildman–Crippen MR) is 137 cm³/mol. The Bertz CT molecular complexity index is 1460. The zero-order valence-electron chi connectivity index (χ0n) is 19.2. The van der Waals surface area contributed by atoms with E-state index in [-0.39, 0.29) is 36.9 Å². The van der Waals surface area contributed by atoms with Crippen LogP contribution in [0, 0.1) is 12.7 Å². The van der Waals surface area contributed by atoms with Crippen LogP contribution in [0.5, 0.6) is 0 Å². The molecule has 1 heterocycles. The summed E-state index contributed by atoms with van der Waals surface area (Å²) in [6, 6.07) is 11.3. The van der Waals surface area contributed by atoms with Crippen molar-refractivity contribution in [2.45, 2.75) is 25.1 Å². The smallest absolute Gasteiger partial charge is 0.374 e. The quantitative estimate of drug-likeness (QED) is 0.244. The predicted octanol–water partition coefficient (Wildman–Crippen LogP) is 6.86. The monoisotopic (exact) mass is 631 g/mol. The Morgan fingerprint density at radius 3 is 2.16 bits per heavy atom. The number of nitrogens with zero attached hydrogens (tertiary/aromatic N) is 1. The molecule has 0 spiro atoms. The molecule has 1 aliphatic rings. The number of amides is 2. The number of hydrogen-bond acceptors (Lipinski definition) is 4. The van der Waals surface area contributed by atoms with Crippen LogP contribution in [0.4, 0.5) is 17.6 Å². The van der Waals surface area contributed by atoms with Crippen molar-refractivity contribution in [2.24, 2.45) is 5.16 Å². The molecular weight excluding hydrogens is 617 g/mol. The van der Waals surface area contributed by atoms with Crippen LogP contribution in [0.3, 0.4) is 0 Å². The Morgan fingerprint density at radius 1 is 0.974 bits per heavy atom. The molecule has 13 heteroatoms. The highest BCUT2D eigenvalue weighted by Crippen LogP contribution is 2.49. The number of oxime groups is 1. The fourth-order valence-electron chi connectivity index (χ4n) is 3.87. The summed E-state index contributed by atoms with van der Waals surface area (Å²) in [5, 5.41) is 3.73. The highest BCUT2D eigenvalue weighted by Gasteiger charge is 2.62. The van der Waals surface area contributed by atoms with E-state index in [0.717, 1.165) is 24.3 Å². The molecule has 0 saturated carbocycles. The lowest BCUT2D eigenvalue weighted by atomic mass is 9.86. The molecule has 6 nitrogen and oxygen atoms in total. The van der Waals surface area contributed by atoms with Gasteiger partial charge in [0, 0.05) is 32.1 Å². The standard InChI is InChI=1S/C25H16BrCl2F4N3O3/c1-12-6-13(2-4-18(12)22(36)33-34-23(37)19-5-3-17(29)10-20(19)26)21-11-24(38-35-21,25(30,31)32)14-7-15(27)9-16(28)8-14/h2-10H,11H2,1H3,(H,33,36)(H,34,37). The molecule has 1 unspecified atom stereocenters. The molecule has 0 radical (unpaired) electrons. The molecule has 0 fully saturated rings. The molecule has 0 bridgehead atoms. The Morgan fingerprint density at radius 2 is 1.58 bits per heavy atom. The molecular formula is C25H16BrCl2F4N3O3. The molecule has 2 amide bonds. The number of hydrogen-bond donors (Lipinski definition) is 2. The van der Waals surface area contributed by atoms with Crippen molar-refractivity contribution < 1.29 is 32.0 Å². The first kappa shape index (κ1) is 27.9. The summed E-state index contributed by atoms with van der Waals surface area (Å²) in [6.07, 6.45) is -5.50. The second-order valence-corrected chi connectivity index (χ2v) is 10.1. The zero-order valence-corrected chi connectivity index (χ0v) is 22.3. The maximum Gasteiger partial charge on any atom is 0.435 e. The van der Waals surface area contributed by atoms with E-state index in [9.17, 15) is 27.2 Å². The first-order chi connectivity index (χ1) is 17.8. The van der Waals surface area contributed by atoms with E-state index in [2.05, 4.69) is 31.9 Å². The summed E-state index contributed by atoms with van der Waals surface area (Å²) in [6.45, 7) is 1.57. The van der Waals surface area contributed by atoms with Crippen LogP contribution in [0.2, 0.25) is 10.0 Å². The number of alkyl halides is 3. The minimum atomic E-state index is -4.85. The molecule has 3 aromatic rings. The summed E-state index contributed by atoms with van der Waals surface area (Å²) in [5.74, 6) is -1.92. The average Bonchev–Trinajstić information content (AvgIpc) is 3.29. The minimum Gasteiger partial charge on any atom is -0.374 e. The topological polar surface area (TPSA) is 79.8 Å². The van der Waals surface area contributed by atoms with E-state index >= 15 is 0 Å². The van der Waals surface area contributed by atoms with Gasteiger partial charge in [-0.05, 0) is 82.5 Å². The molecule has 198 valence electrons. The van der Waals surface area contributed by atoms with E-state index in [4.69, 9.17) is 28.0 Å². The van der Waals surface area contributed by atoms with Gasteiger partial charge in [-0.2, -0.15) is 13.2 Å². The maximum atomic E-state index is 14.2. The zero-order chi connectivity index (χ0) is 27.8. The van der Waals surface area contributed by atoms with Gasteiger partial charge in [-0.25, -0.2) is 4.39 Å². The van der Waals surface area contributed by atoms with Gasteiger partial charge in [0.2, 0.25) is 0 Å². The molecule has 0 aromatic heterocycles. The summed E-state index contributed by atoms with van der Waals surface area (Å²) in [5.41, 5.74) is 2.34. The van der Waals surface area contributed by atoms with Crippen molar-refractivity contribution in [3.63, 3.8) is 0 Å². The van der Waals surface area contributed by atoms with Gasteiger partial charge in [-0.1, -0.05) is 34.4 Å². The molecule has 1 aliphatic heterocycles. The van der Waals surface area contributed by atoms with Crippen LogP contribution < -0.4 is 10.9 Å². The van der Waals surface area contributed by atoms with Crippen molar-refractivity contribution in [1.82, 2.24) is 10.9 Å². The largest absolute Gasteiger partial charge is 0.435 e. The summed E-state index contributed by atoms with van der Waals surface area (Å²) >= 11 is 14.9. The average molecular weight is 633 g/mol. The second-order valence-electron chi connectivity index (χ2n) is 8.35. The number of halogens is 7. The van der Waals surface area contributed by atoms with Crippen LogP contribution in [-0.4, -0.2) is 23.7 Å². The number of carbonyl (C=O) groups excluding carboxylic acids is 2. The summed E-state index contributed by atoms with van der Waals surface area (Å²) in [7, 11) is 0. The number of hydrazine groups is 1. The number of nitrogens with one attached hydrogen (secondary N) is 2. The van der Waals surface area contributed by atoms with Gasteiger partial charge >= 0.3 is 6.18 Å². The Labute approximate surface area is 232 Å². The number of aryl methyl sites for hydroxylation is 1. The molecule has 38 heavy (non-hydrogen) atoms. The number of rotatable bonds is 4. The molecule has 3 aromatic carbocycles. The van der Waals surface area contributed by atoms with Crippen LogP contribution in [-0.2, 0) is 10.4 Å². The lowest BCUT2D eigenvalue weighted by molar-refractivity contribution is -0.275. The van der Waals surface area contributed by atoms with E-state index in [1.807, 2.05) is 0 Å². The SMILES string of the molecule is Cc1cc(C2=NOC(c3cc(Cl)cc(Cl)c3)(C(F)(F)F)C2)ccc1C(=O)NNC(=O)c1ccc(F)cc1Br. The van der Waals surface area contributed by atoms with E-state index in [0.29, 0.717) is 11.1 Å². The van der Waals surface area contributed by atoms with Gasteiger partial charge in [0.1, 0.15) is 5.82 Å². The van der Waals surface area contributed by atoms with Crippen molar-refractivity contribution >= 4 is 56.7 Å². The van der Waals surface area contributed by atoms with Gasteiger partial charge in [0.15, 0.2) is 0 Å². The van der Waals surface area contributed by atoms with Gasteiger partial charge < -0.3 is 4.84 Å². The van der Waals surface area contributed by atoms with Gasteiger partial charge in [-0.3, -0.25) is 20.4 Å². The first-order valence-corrected chi connectivity index (χ1v) is 12.3. The van der Waals surface area contributed by atoms with Crippen LogP contribution in [0.25, 0.3) is 0 Å². The second kappa shape index (κ2) is 10.5. The van der Waals surface area contributed by atoms with Crippen LogP contribution in [0.15, 0.2) is 64.2 Å². The Hall–Kier alpha value is -3.15. The summed E-state index contributed by atoms with van der Waals surface area (Å²) in [4.78, 5) is 29.9. The van der Waals surface area contributed by atoms with E-state index in [1.54, 1.807) is 6.92 Å². The highest BCUT2D eigenvalue weighted by atomic mass is 79.9. The molecule has 4 rings (SSSR count). The van der Waals surface area contributed by atoms with Crippen molar-refractivity contribution in [3.8, 4) is 0 Å². The lowest BCUT2D eigenvalue weighted by Crippen LogP contribution is -2.42. The number of carbonyl (C=O) groups is 2. The molecule has 1 atom stereocenters. The van der Waals surface area contributed by atoms with Crippen molar-refractivity contribution in [2.75, 3.05) is 0 Å². The maximum absolute atomic E-state index is 14.2. The van der Waals surface area contributed by atoms with Crippen LogP contribution in [0.1, 0.15) is 43.8 Å². The Balaban J connectivity index is 1.51. The van der Waals surface area contributed by atoms with Crippen molar-refractivity contribution in [3.05, 3.63) is 103 Å². The van der Waals surface area contributed by atoms with Crippen molar-refractivity contribution in [1.29, 1.82) is 0 Å². The fourth-order valence-corrected chi connectivity index (χ4v) is 4.92. The van der Waals surface area contributed by atoms with Crippen LogP contribution >= 0.6 is 39.1 Å². The third kappa shape index (κ3) is 5.50. The molecule has 0 saturated heterocycles. The third-order valence-electron chi connectivity index (χ3n) is 5.78. The van der Waals surface area contributed by atoms with Gasteiger partial charge in [0.25, 0.3) is 17.4 Å². The highest BCUT2D eigenvalue weighted by molar-refractivity contribution is 9.10. The van der Waals surface area contributed by atoms with E-state index in [1.165, 1.54) is 30.3 Å².